The molecule has 0 saturated heterocycles. The summed E-state index contributed by atoms with van der Waals surface area (Å²) in [7, 11) is 0. The van der Waals surface area contributed by atoms with Gasteiger partial charge in [-0.05, 0) is 30.4 Å². The summed E-state index contributed by atoms with van der Waals surface area (Å²) in [6, 6.07) is 5.66. The Hall–Kier alpha value is -1.00. The van der Waals surface area contributed by atoms with E-state index in [1.54, 1.807) is 0 Å². The molecular formula is C11H10ClNO2S. The van der Waals surface area contributed by atoms with Crippen LogP contribution in [0.3, 0.4) is 0 Å². The average Bonchev–Trinajstić information content (AvgIpc) is 2.71. The zero-order chi connectivity index (χ0) is 11.5. The molecule has 2 rings (SSSR count). The lowest BCUT2D eigenvalue weighted by atomic mass is 10.1. The molecule has 84 valence electrons. The van der Waals surface area contributed by atoms with Crippen LogP contribution < -0.4 is 0 Å². The van der Waals surface area contributed by atoms with Crippen LogP contribution in [-0.2, 0) is 11.2 Å². The largest absolute Gasteiger partial charge is 0.431 e. The number of aromatic nitrogens is 1. The Morgan fingerprint density at radius 2 is 2.44 bits per heavy atom. The molecule has 0 N–H and O–H groups in total. The number of fused-ring (bicyclic) bond motifs is 1. The fourth-order valence-electron chi connectivity index (χ4n) is 1.44. The summed E-state index contributed by atoms with van der Waals surface area (Å²) in [5.41, 5.74) is 2.53. The molecule has 1 unspecified atom stereocenters. The molecule has 0 saturated carbocycles. The maximum atomic E-state index is 10.5. The molecule has 1 aromatic carbocycles. The number of thioether (sulfide) groups is 1. The van der Waals surface area contributed by atoms with Gasteiger partial charge in [0.05, 0.1) is 5.38 Å². The molecule has 0 aliphatic rings. The first kappa shape index (κ1) is 11.5. The SMILES string of the molecule is CSc1nc2ccc(CC(Cl)C=O)cc2o1. The zero-order valence-corrected chi connectivity index (χ0v) is 10.2. The summed E-state index contributed by atoms with van der Waals surface area (Å²) < 4.78 is 5.49. The van der Waals surface area contributed by atoms with Gasteiger partial charge in [-0.25, -0.2) is 4.98 Å². The number of alkyl halides is 1. The zero-order valence-electron chi connectivity index (χ0n) is 8.64. The van der Waals surface area contributed by atoms with E-state index in [0.29, 0.717) is 11.6 Å². The maximum absolute atomic E-state index is 10.5. The third kappa shape index (κ3) is 2.39. The Balaban J connectivity index is 2.31. The van der Waals surface area contributed by atoms with Crippen LogP contribution in [0.25, 0.3) is 11.1 Å². The molecule has 1 aromatic heterocycles. The molecule has 1 atom stereocenters. The highest BCUT2D eigenvalue weighted by atomic mass is 35.5. The third-order valence-corrected chi connectivity index (χ3v) is 2.97. The molecule has 0 amide bonds. The Kier molecular flexibility index (Phi) is 3.51. The summed E-state index contributed by atoms with van der Waals surface area (Å²) in [4.78, 5) is 14.7. The standard InChI is InChI=1S/C11H10ClNO2S/c1-16-11-13-9-3-2-7(4-8(12)6-14)5-10(9)15-11/h2-3,5-6,8H,4H2,1H3. The number of nitrogens with zero attached hydrogens (tertiary/aromatic N) is 1. The van der Waals surface area contributed by atoms with Gasteiger partial charge in [-0.1, -0.05) is 17.8 Å². The van der Waals surface area contributed by atoms with Crippen LogP contribution in [0, 0.1) is 0 Å². The van der Waals surface area contributed by atoms with Crippen LogP contribution in [0.2, 0.25) is 0 Å². The third-order valence-electron chi connectivity index (χ3n) is 2.19. The van der Waals surface area contributed by atoms with Crippen LogP contribution in [-0.4, -0.2) is 22.9 Å². The molecule has 2 aromatic rings. The van der Waals surface area contributed by atoms with Crippen LogP contribution in [0.15, 0.2) is 27.8 Å². The van der Waals surface area contributed by atoms with Gasteiger partial charge in [0, 0.05) is 0 Å². The van der Waals surface area contributed by atoms with Crippen molar-refractivity contribution < 1.29 is 9.21 Å². The molecule has 0 radical (unpaired) electrons. The van der Waals surface area contributed by atoms with E-state index >= 15 is 0 Å². The number of aldehydes is 1. The summed E-state index contributed by atoms with van der Waals surface area (Å²) in [5, 5.41) is 0.158. The smallest absolute Gasteiger partial charge is 0.256 e. The van der Waals surface area contributed by atoms with E-state index in [4.69, 9.17) is 16.0 Å². The highest BCUT2D eigenvalue weighted by molar-refractivity contribution is 7.98. The topological polar surface area (TPSA) is 43.1 Å². The van der Waals surface area contributed by atoms with Crippen LogP contribution in [0.4, 0.5) is 0 Å². The first-order valence-corrected chi connectivity index (χ1v) is 6.42. The van der Waals surface area contributed by atoms with E-state index in [1.165, 1.54) is 11.8 Å². The van der Waals surface area contributed by atoms with Crippen molar-refractivity contribution in [2.45, 2.75) is 17.0 Å². The van der Waals surface area contributed by atoms with E-state index in [2.05, 4.69) is 4.98 Å². The minimum absolute atomic E-state index is 0.486. The summed E-state index contributed by atoms with van der Waals surface area (Å²) in [6.07, 6.45) is 3.16. The molecule has 3 nitrogen and oxygen atoms in total. The lowest BCUT2D eigenvalue weighted by molar-refractivity contribution is -0.107. The van der Waals surface area contributed by atoms with Crippen molar-refractivity contribution in [2.24, 2.45) is 0 Å². The maximum Gasteiger partial charge on any atom is 0.256 e. The molecule has 0 fully saturated rings. The van der Waals surface area contributed by atoms with Crippen LogP contribution in [0.1, 0.15) is 5.56 Å². The van der Waals surface area contributed by atoms with E-state index in [1.807, 2.05) is 24.5 Å². The number of carbonyl (C=O) groups excluding carboxylic acids is 1. The van der Waals surface area contributed by atoms with Gasteiger partial charge >= 0.3 is 0 Å². The second-order valence-corrected chi connectivity index (χ2v) is 4.66. The van der Waals surface area contributed by atoms with Crippen molar-refractivity contribution in [1.82, 2.24) is 4.98 Å². The Morgan fingerprint density at radius 3 is 3.12 bits per heavy atom. The molecule has 0 spiro atoms. The van der Waals surface area contributed by atoms with Gasteiger partial charge in [0.25, 0.3) is 5.22 Å². The summed E-state index contributed by atoms with van der Waals surface area (Å²) in [5.74, 6) is 0. The Labute approximate surface area is 102 Å². The highest BCUT2D eigenvalue weighted by Crippen LogP contribution is 2.23. The van der Waals surface area contributed by atoms with Gasteiger partial charge in [-0.15, -0.1) is 11.6 Å². The van der Waals surface area contributed by atoms with Crippen molar-refractivity contribution in [3.05, 3.63) is 23.8 Å². The number of rotatable bonds is 4. The average molecular weight is 256 g/mol. The summed E-state index contributed by atoms with van der Waals surface area (Å²) in [6.45, 7) is 0. The number of halogens is 1. The summed E-state index contributed by atoms with van der Waals surface area (Å²) >= 11 is 7.22. The molecule has 0 aliphatic carbocycles. The predicted octanol–water partition coefficient (Wildman–Crippen LogP) is 2.90. The van der Waals surface area contributed by atoms with Gasteiger partial charge in [0.1, 0.15) is 11.8 Å². The lowest BCUT2D eigenvalue weighted by Crippen LogP contribution is -2.03. The van der Waals surface area contributed by atoms with Crippen molar-refractivity contribution in [2.75, 3.05) is 6.26 Å². The Morgan fingerprint density at radius 1 is 1.62 bits per heavy atom. The minimum atomic E-state index is -0.486. The fraction of sp³-hybridized carbons (Fsp3) is 0.273. The number of carbonyl (C=O) groups is 1. The van der Waals surface area contributed by atoms with Crippen molar-refractivity contribution in [1.29, 1.82) is 0 Å². The Bertz CT molecular complexity index is 512. The van der Waals surface area contributed by atoms with Crippen molar-refractivity contribution in [3.8, 4) is 0 Å². The van der Waals surface area contributed by atoms with E-state index in [9.17, 15) is 4.79 Å². The van der Waals surface area contributed by atoms with Gasteiger partial charge in [0.15, 0.2) is 5.58 Å². The second kappa shape index (κ2) is 4.89. The number of benzene rings is 1. The fourth-order valence-corrected chi connectivity index (χ4v) is 1.98. The quantitative estimate of drug-likeness (QED) is 0.479. The van der Waals surface area contributed by atoms with Crippen molar-refractivity contribution in [3.63, 3.8) is 0 Å². The first-order chi connectivity index (χ1) is 7.72. The molecular weight excluding hydrogens is 246 g/mol. The first-order valence-electron chi connectivity index (χ1n) is 4.75. The normalized spacial score (nSPS) is 12.9. The predicted molar refractivity (Wildman–Crippen MR) is 65.2 cm³/mol. The minimum Gasteiger partial charge on any atom is -0.431 e. The van der Waals surface area contributed by atoms with Gasteiger partial charge in [0.2, 0.25) is 0 Å². The lowest BCUT2D eigenvalue weighted by Gasteiger charge is -2.00. The molecule has 0 bridgehead atoms. The molecule has 0 aliphatic heterocycles. The molecule has 16 heavy (non-hydrogen) atoms. The van der Waals surface area contributed by atoms with E-state index < -0.39 is 5.38 Å². The van der Waals surface area contributed by atoms with E-state index in [0.717, 1.165) is 22.9 Å². The van der Waals surface area contributed by atoms with Gasteiger partial charge in [-0.3, -0.25) is 0 Å². The second-order valence-electron chi connectivity index (χ2n) is 3.34. The monoisotopic (exact) mass is 255 g/mol. The van der Waals surface area contributed by atoms with Crippen LogP contribution in [0.5, 0.6) is 0 Å². The number of hydrogen-bond donors (Lipinski definition) is 0. The molecule has 5 heteroatoms. The van der Waals surface area contributed by atoms with Crippen molar-refractivity contribution >= 4 is 40.7 Å². The van der Waals surface area contributed by atoms with Crippen LogP contribution >= 0.6 is 23.4 Å². The highest BCUT2D eigenvalue weighted by Gasteiger charge is 2.08. The molecule has 1 heterocycles. The number of oxazole rings is 1. The number of hydrogen-bond acceptors (Lipinski definition) is 4. The van der Waals surface area contributed by atoms with E-state index in [-0.39, 0.29) is 0 Å². The van der Waals surface area contributed by atoms with Gasteiger partial charge in [-0.2, -0.15) is 0 Å². The van der Waals surface area contributed by atoms with Gasteiger partial charge < -0.3 is 9.21 Å².